The maximum absolute atomic E-state index is 10.4. The summed E-state index contributed by atoms with van der Waals surface area (Å²) in [5, 5.41) is 7.54. The normalized spacial score (nSPS) is 9.56. The van der Waals surface area contributed by atoms with Gasteiger partial charge < -0.3 is 16.6 Å². The van der Waals surface area contributed by atoms with E-state index >= 15 is 0 Å². The van der Waals surface area contributed by atoms with Crippen molar-refractivity contribution in [3.8, 4) is 0 Å². The maximum Gasteiger partial charge on any atom is 0.317 e. The van der Waals surface area contributed by atoms with Crippen LogP contribution in [0.2, 0.25) is 0 Å². The van der Waals surface area contributed by atoms with Crippen LogP contribution in [0, 0.1) is 0 Å². The molecule has 0 bridgehead atoms. The highest BCUT2D eigenvalue weighted by molar-refractivity contribution is 6.63. The minimum Gasteiger partial charge on any atom is -0.480 e. The monoisotopic (exact) mass is 401 g/mol. The lowest BCUT2D eigenvalue weighted by atomic mass is 10.1. The number of hydrogen-bond acceptors (Lipinski definition) is 6. The van der Waals surface area contributed by atoms with Gasteiger partial charge in [0.1, 0.15) is 0 Å². The molecule has 0 saturated carbocycles. The first-order valence-electron chi connectivity index (χ1n) is 8.30. The van der Waals surface area contributed by atoms with Crippen molar-refractivity contribution >= 4 is 39.7 Å². The molecular formula is C16H33Cl2N3O4. The van der Waals surface area contributed by atoms with Crippen molar-refractivity contribution < 1.29 is 19.5 Å². The topological polar surface area (TPSA) is 127 Å². The Bertz CT molecular complexity index is 321. The van der Waals surface area contributed by atoms with E-state index in [1.165, 1.54) is 0 Å². The smallest absolute Gasteiger partial charge is 0.317 e. The van der Waals surface area contributed by atoms with Gasteiger partial charge in [-0.25, -0.2) is 0 Å². The standard InChI is InChI=1S/C10H16Cl2O2.C4H9NO2.C2H8N2/c11-9(13)7-5-3-1-2-4-6-8-10(12)14;1-5(2)3-4(6)7;3-1-2-4/h1-8H2;3H2,1-2H3,(H,6,7);1-4H2. The van der Waals surface area contributed by atoms with E-state index in [1.807, 2.05) is 0 Å². The van der Waals surface area contributed by atoms with Crippen LogP contribution in [-0.4, -0.2) is 60.2 Å². The Morgan fingerprint density at radius 1 is 0.800 bits per heavy atom. The summed E-state index contributed by atoms with van der Waals surface area (Å²) in [6.07, 6.45) is 6.96. The van der Waals surface area contributed by atoms with E-state index in [9.17, 15) is 14.4 Å². The number of halogens is 2. The number of nitrogens with zero attached hydrogens (tertiary/aromatic N) is 1. The number of likely N-dealkylation sites (N-methyl/N-ethyl adjacent to an activating group) is 1. The highest BCUT2D eigenvalue weighted by atomic mass is 35.5. The predicted molar refractivity (Wildman–Crippen MR) is 103 cm³/mol. The van der Waals surface area contributed by atoms with Crippen LogP contribution in [0.3, 0.4) is 0 Å². The average molecular weight is 402 g/mol. The third-order valence-electron chi connectivity index (χ3n) is 2.61. The third kappa shape index (κ3) is 45.1. The van der Waals surface area contributed by atoms with Gasteiger partial charge in [0.25, 0.3) is 0 Å². The number of nitrogens with two attached hydrogens (primary N) is 2. The van der Waals surface area contributed by atoms with Crippen molar-refractivity contribution in [2.45, 2.75) is 51.4 Å². The highest BCUT2D eigenvalue weighted by Gasteiger charge is 1.98. The van der Waals surface area contributed by atoms with Gasteiger partial charge >= 0.3 is 5.97 Å². The molecule has 150 valence electrons. The summed E-state index contributed by atoms with van der Waals surface area (Å²) in [5.74, 6) is -0.787. The largest absolute Gasteiger partial charge is 0.480 e. The van der Waals surface area contributed by atoms with Gasteiger partial charge in [-0.15, -0.1) is 0 Å². The van der Waals surface area contributed by atoms with Crippen LogP contribution < -0.4 is 11.5 Å². The second-order valence-electron chi connectivity index (χ2n) is 5.54. The quantitative estimate of drug-likeness (QED) is 0.337. The Balaban J connectivity index is -0.000000365. The number of hydrogen-bond donors (Lipinski definition) is 3. The summed E-state index contributed by atoms with van der Waals surface area (Å²) in [4.78, 5) is 32.1. The molecule has 0 aromatic heterocycles. The van der Waals surface area contributed by atoms with Gasteiger partial charge in [-0.1, -0.05) is 25.7 Å². The van der Waals surface area contributed by atoms with Crippen molar-refractivity contribution in [3.63, 3.8) is 0 Å². The summed E-state index contributed by atoms with van der Waals surface area (Å²) in [5.41, 5.74) is 9.81. The van der Waals surface area contributed by atoms with E-state index in [4.69, 9.17) is 39.8 Å². The van der Waals surface area contributed by atoms with Gasteiger partial charge in [0.2, 0.25) is 10.5 Å². The Kier molecular flexibility index (Phi) is 27.0. The lowest BCUT2D eigenvalue weighted by molar-refractivity contribution is -0.137. The first-order chi connectivity index (χ1) is 11.7. The molecule has 0 unspecified atom stereocenters. The first kappa shape index (κ1) is 29.0. The number of carboxylic acid groups (broad SMARTS) is 1. The Labute approximate surface area is 161 Å². The van der Waals surface area contributed by atoms with Gasteiger partial charge in [0.05, 0.1) is 6.54 Å². The van der Waals surface area contributed by atoms with Crippen LogP contribution in [0.1, 0.15) is 51.4 Å². The van der Waals surface area contributed by atoms with Crippen molar-refractivity contribution in [1.29, 1.82) is 0 Å². The minimum absolute atomic E-state index is 0.111. The molecule has 5 N–H and O–H groups in total. The van der Waals surface area contributed by atoms with Gasteiger partial charge in [-0.05, 0) is 50.1 Å². The molecule has 0 rings (SSSR count). The van der Waals surface area contributed by atoms with Gasteiger partial charge in [0.15, 0.2) is 0 Å². The molecule has 9 heteroatoms. The fourth-order valence-corrected chi connectivity index (χ4v) is 1.77. The van der Waals surface area contributed by atoms with Crippen molar-refractivity contribution in [1.82, 2.24) is 4.90 Å². The molecule has 0 radical (unpaired) electrons. The van der Waals surface area contributed by atoms with Crippen molar-refractivity contribution in [2.24, 2.45) is 11.5 Å². The fourth-order valence-electron chi connectivity index (χ4n) is 1.51. The molecular weight excluding hydrogens is 369 g/mol. The van der Waals surface area contributed by atoms with Gasteiger partial charge in [0, 0.05) is 25.9 Å². The van der Waals surface area contributed by atoms with E-state index in [0.717, 1.165) is 38.5 Å². The molecule has 7 nitrogen and oxygen atoms in total. The van der Waals surface area contributed by atoms with Crippen LogP contribution in [0.4, 0.5) is 0 Å². The molecule has 0 aromatic rings. The third-order valence-corrected chi connectivity index (χ3v) is 2.99. The zero-order chi connectivity index (χ0) is 20.1. The van der Waals surface area contributed by atoms with Crippen LogP contribution in [-0.2, 0) is 14.4 Å². The lowest BCUT2D eigenvalue weighted by Crippen LogP contribution is -2.20. The van der Waals surface area contributed by atoms with E-state index in [1.54, 1.807) is 19.0 Å². The zero-order valence-corrected chi connectivity index (χ0v) is 16.8. The maximum atomic E-state index is 10.4. The second-order valence-corrected chi connectivity index (χ2v) is 6.38. The summed E-state index contributed by atoms with van der Waals surface area (Å²) >= 11 is 10.4. The number of carbonyl (C=O) groups excluding carboxylic acids is 2. The average Bonchev–Trinajstić information content (AvgIpc) is 2.49. The van der Waals surface area contributed by atoms with Crippen LogP contribution in [0.15, 0.2) is 0 Å². The number of aliphatic carboxylic acids is 1. The lowest BCUT2D eigenvalue weighted by Gasteiger charge is -2.01. The van der Waals surface area contributed by atoms with Crippen molar-refractivity contribution in [3.05, 3.63) is 0 Å². The molecule has 25 heavy (non-hydrogen) atoms. The molecule has 0 aliphatic rings. The molecule has 0 aromatic carbocycles. The molecule has 0 saturated heterocycles. The highest BCUT2D eigenvalue weighted by Crippen LogP contribution is 2.09. The molecule has 0 fully saturated rings. The van der Waals surface area contributed by atoms with Crippen molar-refractivity contribution in [2.75, 3.05) is 33.7 Å². The number of carbonyl (C=O) groups is 3. The Hall–Kier alpha value is -0.730. The van der Waals surface area contributed by atoms with Gasteiger partial charge in [-0.2, -0.15) is 0 Å². The summed E-state index contributed by atoms with van der Waals surface area (Å²) in [7, 11) is 3.43. The molecule has 0 amide bonds. The predicted octanol–water partition coefficient (Wildman–Crippen LogP) is 2.17. The Morgan fingerprint density at radius 3 is 1.28 bits per heavy atom. The van der Waals surface area contributed by atoms with E-state index in [2.05, 4.69) is 0 Å². The van der Waals surface area contributed by atoms with Crippen LogP contribution in [0.5, 0.6) is 0 Å². The van der Waals surface area contributed by atoms with E-state index in [0.29, 0.717) is 25.9 Å². The number of unbranched alkanes of at least 4 members (excludes halogenated alkanes) is 5. The molecule has 0 aliphatic heterocycles. The Morgan fingerprint density at radius 2 is 1.12 bits per heavy atom. The molecule has 0 aliphatic carbocycles. The van der Waals surface area contributed by atoms with E-state index in [-0.39, 0.29) is 17.0 Å². The summed E-state index contributed by atoms with van der Waals surface area (Å²) in [6.45, 7) is 1.31. The SMILES string of the molecule is CN(C)CC(=O)O.NCCN.O=C(Cl)CCCCCCCCC(=O)Cl. The molecule has 0 heterocycles. The van der Waals surface area contributed by atoms with E-state index < -0.39 is 5.97 Å². The summed E-state index contributed by atoms with van der Waals surface area (Å²) < 4.78 is 0. The number of rotatable bonds is 12. The minimum atomic E-state index is -0.787. The fraction of sp³-hybridized carbons (Fsp3) is 0.812. The van der Waals surface area contributed by atoms with Crippen LogP contribution >= 0.6 is 23.2 Å². The van der Waals surface area contributed by atoms with Crippen LogP contribution in [0.25, 0.3) is 0 Å². The molecule has 0 atom stereocenters. The molecule has 0 spiro atoms. The summed E-state index contributed by atoms with van der Waals surface area (Å²) in [6, 6.07) is 0. The second kappa shape index (κ2) is 23.3. The number of carboxylic acids is 1. The first-order valence-corrected chi connectivity index (χ1v) is 9.06. The zero-order valence-electron chi connectivity index (χ0n) is 15.3. The van der Waals surface area contributed by atoms with Gasteiger partial charge in [-0.3, -0.25) is 19.3 Å².